The lowest BCUT2D eigenvalue weighted by Crippen LogP contribution is -2.32. The second-order valence-corrected chi connectivity index (χ2v) is 9.27. The number of pyridine rings is 1. The van der Waals surface area contributed by atoms with Crippen molar-refractivity contribution in [2.75, 3.05) is 13.2 Å². The predicted octanol–water partition coefficient (Wildman–Crippen LogP) is 4.06. The van der Waals surface area contributed by atoms with Gasteiger partial charge in [0.1, 0.15) is 31.3 Å². The second kappa shape index (κ2) is 10.5. The summed E-state index contributed by atoms with van der Waals surface area (Å²) in [5.74, 6) is 3.56. The van der Waals surface area contributed by atoms with Gasteiger partial charge >= 0.3 is 0 Å². The molecule has 11 heteroatoms. The van der Waals surface area contributed by atoms with E-state index >= 15 is 0 Å². The smallest absolute Gasteiger partial charge is 0.252 e. The maximum atomic E-state index is 13.2. The van der Waals surface area contributed by atoms with Gasteiger partial charge in [0.05, 0.1) is 30.6 Å². The number of aromatic nitrogens is 5. The van der Waals surface area contributed by atoms with Crippen LogP contribution in [-0.2, 0) is 19.6 Å². The van der Waals surface area contributed by atoms with Crippen molar-refractivity contribution < 1.29 is 18.3 Å². The molecule has 0 amide bonds. The molecular weight excluding hydrogens is 488 g/mol. The first kappa shape index (κ1) is 24.0. The number of furan rings is 2. The van der Waals surface area contributed by atoms with Crippen molar-refractivity contribution in [2.45, 2.75) is 45.4 Å². The van der Waals surface area contributed by atoms with Crippen LogP contribution >= 0.6 is 0 Å². The summed E-state index contributed by atoms with van der Waals surface area (Å²) in [6, 6.07) is 13.0. The number of aromatic amines is 1. The normalized spacial score (nSPS) is 13.8. The molecule has 4 aromatic heterocycles. The van der Waals surface area contributed by atoms with Crippen molar-refractivity contribution in [1.82, 2.24) is 30.1 Å². The molecule has 0 bridgehead atoms. The standard InChI is InChI=1S/C27H28N6O5/c1-2-5-23(26-29-30-31-33(26)17-21-7-4-9-36-21)32(16-20-6-3-8-35-20)15-19-12-18-13-24-25(38-11-10-37-24)14-22(18)28-27(19)34/h3-4,6-9,12-14,23H,2,5,10-11,15-17H2,1H3,(H,28,34). The Morgan fingerprint density at radius 3 is 2.53 bits per heavy atom. The lowest BCUT2D eigenvalue weighted by atomic mass is 10.1. The van der Waals surface area contributed by atoms with Crippen molar-refractivity contribution in [3.05, 3.63) is 88.3 Å². The maximum Gasteiger partial charge on any atom is 0.252 e. The third-order valence-corrected chi connectivity index (χ3v) is 6.64. The van der Waals surface area contributed by atoms with Gasteiger partial charge in [-0.05, 0) is 53.2 Å². The number of nitrogens with zero attached hydrogens (tertiary/aromatic N) is 5. The molecular formula is C27H28N6O5. The van der Waals surface area contributed by atoms with E-state index in [0.717, 1.165) is 29.7 Å². The van der Waals surface area contributed by atoms with E-state index in [2.05, 4.69) is 32.3 Å². The maximum absolute atomic E-state index is 13.2. The molecule has 5 heterocycles. The van der Waals surface area contributed by atoms with Crippen LogP contribution in [0.1, 0.15) is 48.7 Å². The Labute approximate surface area is 218 Å². The van der Waals surface area contributed by atoms with Crippen molar-refractivity contribution in [3.8, 4) is 11.5 Å². The Hall–Kier alpha value is -4.38. The van der Waals surface area contributed by atoms with Crippen LogP contribution in [0.2, 0.25) is 0 Å². The minimum absolute atomic E-state index is 0.163. The zero-order valence-corrected chi connectivity index (χ0v) is 21.0. The van der Waals surface area contributed by atoms with Gasteiger partial charge in [-0.1, -0.05) is 13.3 Å². The van der Waals surface area contributed by atoms with E-state index in [1.54, 1.807) is 17.2 Å². The van der Waals surface area contributed by atoms with E-state index in [1.807, 2.05) is 42.5 Å². The molecule has 0 fully saturated rings. The summed E-state index contributed by atoms with van der Waals surface area (Å²) in [4.78, 5) is 18.5. The van der Waals surface area contributed by atoms with Gasteiger partial charge in [0.2, 0.25) is 0 Å². The first-order chi connectivity index (χ1) is 18.7. The average molecular weight is 517 g/mol. The molecule has 196 valence electrons. The highest BCUT2D eigenvalue weighted by molar-refractivity contribution is 5.83. The Morgan fingerprint density at radius 2 is 1.79 bits per heavy atom. The van der Waals surface area contributed by atoms with E-state index in [9.17, 15) is 4.79 Å². The number of nitrogens with one attached hydrogen (secondary N) is 1. The Morgan fingerprint density at radius 1 is 1.03 bits per heavy atom. The molecule has 1 N–H and O–H groups in total. The van der Waals surface area contributed by atoms with Gasteiger partial charge in [-0.15, -0.1) is 5.10 Å². The summed E-state index contributed by atoms with van der Waals surface area (Å²) in [5, 5.41) is 13.5. The van der Waals surface area contributed by atoms with Crippen LogP contribution in [0.15, 0.2) is 68.6 Å². The molecule has 1 unspecified atom stereocenters. The highest BCUT2D eigenvalue weighted by Crippen LogP contribution is 2.34. The molecule has 1 aliphatic heterocycles. The average Bonchev–Trinajstić information content (AvgIpc) is 3.71. The van der Waals surface area contributed by atoms with Crippen LogP contribution in [0.25, 0.3) is 10.9 Å². The number of H-pyrrole nitrogens is 1. The van der Waals surface area contributed by atoms with Crippen LogP contribution < -0.4 is 15.0 Å². The molecule has 38 heavy (non-hydrogen) atoms. The first-order valence-corrected chi connectivity index (χ1v) is 12.7. The van der Waals surface area contributed by atoms with E-state index in [4.69, 9.17) is 18.3 Å². The molecule has 6 rings (SSSR count). The largest absolute Gasteiger partial charge is 0.486 e. The molecule has 11 nitrogen and oxygen atoms in total. The van der Waals surface area contributed by atoms with E-state index in [-0.39, 0.29) is 11.6 Å². The number of hydrogen-bond donors (Lipinski definition) is 1. The molecule has 5 aromatic rings. The van der Waals surface area contributed by atoms with E-state index < -0.39 is 0 Å². The number of tetrazole rings is 1. The molecule has 1 aliphatic rings. The van der Waals surface area contributed by atoms with Gasteiger partial charge in [-0.3, -0.25) is 9.69 Å². The monoisotopic (exact) mass is 516 g/mol. The van der Waals surface area contributed by atoms with Gasteiger partial charge in [0.25, 0.3) is 5.56 Å². The summed E-state index contributed by atoms with van der Waals surface area (Å²) in [6.07, 6.45) is 4.96. The minimum Gasteiger partial charge on any atom is -0.486 e. The van der Waals surface area contributed by atoms with Gasteiger partial charge in [-0.2, -0.15) is 0 Å². The summed E-state index contributed by atoms with van der Waals surface area (Å²) in [7, 11) is 0. The van der Waals surface area contributed by atoms with Crippen molar-refractivity contribution in [3.63, 3.8) is 0 Å². The Kier molecular flexibility index (Phi) is 6.65. The topological polar surface area (TPSA) is 124 Å². The highest BCUT2D eigenvalue weighted by Gasteiger charge is 2.28. The summed E-state index contributed by atoms with van der Waals surface area (Å²) in [5.41, 5.74) is 1.16. The zero-order chi connectivity index (χ0) is 25.9. The highest BCUT2D eigenvalue weighted by atomic mass is 16.6. The molecule has 0 saturated carbocycles. The molecule has 1 aromatic carbocycles. The van der Waals surface area contributed by atoms with Gasteiger partial charge < -0.3 is 23.3 Å². The molecule has 0 radical (unpaired) electrons. The molecule has 1 atom stereocenters. The van der Waals surface area contributed by atoms with E-state index in [0.29, 0.717) is 61.3 Å². The number of fused-ring (bicyclic) bond motifs is 2. The minimum atomic E-state index is -0.176. The predicted molar refractivity (Wildman–Crippen MR) is 137 cm³/mol. The Balaban J connectivity index is 1.37. The molecule has 0 spiro atoms. The lowest BCUT2D eigenvalue weighted by Gasteiger charge is -2.30. The van der Waals surface area contributed by atoms with E-state index in [1.165, 1.54) is 0 Å². The van der Waals surface area contributed by atoms with Gasteiger partial charge in [0, 0.05) is 23.6 Å². The Bertz CT molecular complexity index is 1560. The summed E-state index contributed by atoms with van der Waals surface area (Å²) >= 11 is 0. The van der Waals surface area contributed by atoms with Crippen LogP contribution in [0.3, 0.4) is 0 Å². The van der Waals surface area contributed by atoms with Gasteiger partial charge in [0.15, 0.2) is 17.3 Å². The zero-order valence-electron chi connectivity index (χ0n) is 21.0. The lowest BCUT2D eigenvalue weighted by molar-refractivity contribution is 0.144. The fourth-order valence-corrected chi connectivity index (χ4v) is 4.86. The number of hydrogen-bond acceptors (Lipinski definition) is 9. The fourth-order valence-electron chi connectivity index (χ4n) is 4.86. The van der Waals surface area contributed by atoms with Crippen LogP contribution in [0, 0.1) is 0 Å². The van der Waals surface area contributed by atoms with Gasteiger partial charge in [-0.25, -0.2) is 4.68 Å². The third-order valence-electron chi connectivity index (χ3n) is 6.64. The number of benzene rings is 1. The number of rotatable bonds is 10. The van der Waals surface area contributed by atoms with Crippen LogP contribution in [-0.4, -0.2) is 43.3 Å². The quantitative estimate of drug-likeness (QED) is 0.292. The number of ether oxygens (including phenoxy) is 2. The first-order valence-electron chi connectivity index (χ1n) is 12.7. The van der Waals surface area contributed by atoms with Crippen molar-refractivity contribution in [2.24, 2.45) is 0 Å². The molecule has 0 aliphatic carbocycles. The third kappa shape index (κ3) is 4.92. The second-order valence-electron chi connectivity index (χ2n) is 9.27. The molecule has 0 saturated heterocycles. The van der Waals surface area contributed by atoms with Crippen molar-refractivity contribution >= 4 is 10.9 Å². The summed E-state index contributed by atoms with van der Waals surface area (Å²) < 4.78 is 24.4. The van der Waals surface area contributed by atoms with Crippen LogP contribution in [0.4, 0.5) is 0 Å². The fraction of sp³-hybridized carbons (Fsp3) is 0.333. The SMILES string of the molecule is CCCC(c1nnnn1Cc1ccco1)N(Cc1ccco1)Cc1cc2cc3c(cc2[nH]c1=O)OCCO3. The summed E-state index contributed by atoms with van der Waals surface area (Å²) in [6.45, 7) is 4.35. The van der Waals surface area contributed by atoms with Crippen LogP contribution in [0.5, 0.6) is 11.5 Å². The van der Waals surface area contributed by atoms with Crippen molar-refractivity contribution in [1.29, 1.82) is 0 Å².